The largest absolute Gasteiger partial charge is 0.337 e. The van der Waals surface area contributed by atoms with Gasteiger partial charge in [0.25, 0.3) is 0 Å². The van der Waals surface area contributed by atoms with E-state index in [4.69, 9.17) is 0 Å². The van der Waals surface area contributed by atoms with E-state index in [-0.39, 0.29) is 0 Å². The number of aromatic amines is 1. The number of imidazole rings is 1. The monoisotopic (exact) mass is 260 g/mol. The number of hydrogen-bond donors (Lipinski definition) is 1. The fourth-order valence-corrected chi connectivity index (χ4v) is 2.37. The number of rotatable bonds is 1. The van der Waals surface area contributed by atoms with Gasteiger partial charge in [0.05, 0.1) is 22.7 Å². The van der Waals surface area contributed by atoms with E-state index in [0.29, 0.717) is 0 Å². The van der Waals surface area contributed by atoms with Crippen LogP contribution in [0.5, 0.6) is 0 Å². The van der Waals surface area contributed by atoms with Crippen molar-refractivity contribution in [3.8, 4) is 11.4 Å². The minimum atomic E-state index is 0.857. The summed E-state index contributed by atoms with van der Waals surface area (Å²) >= 11 is 0. The van der Waals surface area contributed by atoms with Gasteiger partial charge in [0, 0.05) is 22.8 Å². The Bertz CT molecular complexity index is 891. The molecule has 0 fully saturated rings. The molecule has 20 heavy (non-hydrogen) atoms. The first-order chi connectivity index (χ1) is 9.79. The highest BCUT2D eigenvalue weighted by Crippen LogP contribution is 2.23. The average molecular weight is 260 g/mol. The molecule has 0 saturated heterocycles. The quantitative estimate of drug-likeness (QED) is 0.570. The molecule has 0 spiro atoms. The van der Waals surface area contributed by atoms with Crippen molar-refractivity contribution in [1.82, 2.24) is 19.9 Å². The molecule has 4 heteroatoms. The van der Waals surface area contributed by atoms with Gasteiger partial charge in [0.15, 0.2) is 0 Å². The van der Waals surface area contributed by atoms with Crippen molar-refractivity contribution in [2.75, 3.05) is 0 Å². The van der Waals surface area contributed by atoms with Crippen molar-refractivity contribution >= 4 is 21.9 Å². The summed E-state index contributed by atoms with van der Waals surface area (Å²) in [6, 6.07) is 12.2. The first-order valence-corrected chi connectivity index (χ1v) is 6.47. The number of aromatic nitrogens is 4. The Hall–Kier alpha value is -2.75. The first-order valence-electron chi connectivity index (χ1n) is 6.47. The molecule has 0 saturated carbocycles. The van der Waals surface area contributed by atoms with Crippen LogP contribution in [0.15, 0.2) is 48.8 Å². The lowest BCUT2D eigenvalue weighted by atomic mass is 10.1. The van der Waals surface area contributed by atoms with E-state index in [1.54, 1.807) is 12.4 Å². The van der Waals surface area contributed by atoms with Crippen LogP contribution < -0.4 is 0 Å². The first kappa shape index (κ1) is 11.1. The van der Waals surface area contributed by atoms with Crippen molar-refractivity contribution in [1.29, 1.82) is 0 Å². The smallest absolute Gasteiger partial charge is 0.138 e. The second-order valence-corrected chi connectivity index (χ2v) is 4.84. The van der Waals surface area contributed by atoms with Crippen LogP contribution in [-0.2, 0) is 0 Å². The fourth-order valence-electron chi connectivity index (χ4n) is 2.37. The zero-order valence-corrected chi connectivity index (χ0v) is 11.0. The Kier molecular flexibility index (Phi) is 2.29. The second-order valence-electron chi connectivity index (χ2n) is 4.84. The Morgan fingerprint density at radius 3 is 2.80 bits per heavy atom. The molecule has 96 valence electrons. The third kappa shape index (κ3) is 1.73. The summed E-state index contributed by atoms with van der Waals surface area (Å²) in [5.74, 6) is 0.857. The molecule has 0 atom stereocenters. The van der Waals surface area contributed by atoms with Gasteiger partial charge < -0.3 is 4.98 Å². The molecule has 0 aliphatic heterocycles. The van der Waals surface area contributed by atoms with Crippen molar-refractivity contribution < 1.29 is 0 Å². The van der Waals surface area contributed by atoms with E-state index >= 15 is 0 Å². The van der Waals surface area contributed by atoms with Crippen LogP contribution in [0.25, 0.3) is 33.3 Å². The molecule has 1 N–H and O–H groups in total. The second kappa shape index (κ2) is 4.13. The van der Waals surface area contributed by atoms with E-state index in [1.807, 2.05) is 31.2 Å². The number of H-pyrrole nitrogens is 1. The number of nitrogens with zero attached hydrogens (tertiary/aromatic N) is 3. The van der Waals surface area contributed by atoms with Gasteiger partial charge in [-0.1, -0.05) is 6.07 Å². The topological polar surface area (TPSA) is 54.5 Å². The Labute approximate surface area is 115 Å². The highest BCUT2D eigenvalue weighted by atomic mass is 14.9. The number of fused-ring (bicyclic) bond motifs is 2. The predicted molar refractivity (Wildman–Crippen MR) is 79.4 cm³/mol. The molecular formula is C16H12N4. The van der Waals surface area contributed by atoms with E-state index in [1.165, 1.54) is 0 Å². The van der Waals surface area contributed by atoms with Crippen LogP contribution in [0.1, 0.15) is 5.69 Å². The molecule has 0 radical (unpaired) electrons. The lowest BCUT2D eigenvalue weighted by molar-refractivity contribution is 1.25. The maximum absolute atomic E-state index is 4.59. The lowest BCUT2D eigenvalue weighted by Gasteiger charge is -2.01. The summed E-state index contributed by atoms with van der Waals surface area (Å²) in [6.45, 7) is 2.00. The minimum Gasteiger partial charge on any atom is -0.337 e. The molecule has 3 heterocycles. The molecule has 0 aliphatic rings. The van der Waals surface area contributed by atoms with Gasteiger partial charge in [-0.2, -0.15) is 0 Å². The van der Waals surface area contributed by atoms with Crippen LogP contribution in [-0.4, -0.2) is 19.9 Å². The van der Waals surface area contributed by atoms with Gasteiger partial charge in [-0.25, -0.2) is 4.98 Å². The number of benzene rings is 1. The van der Waals surface area contributed by atoms with E-state index < -0.39 is 0 Å². The normalized spacial score (nSPS) is 11.2. The van der Waals surface area contributed by atoms with E-state index in [9.17, 15) is 0 Å². The maximum atomic E-state index is 4.59. The molecule has 4 aromatic rings. The zero-order chi connectivity index (χ0) is 13.5. The summed E-state index contributed by atoms with van der Waals surface area (Å²) in [4.78, 5) is 16.5. The Morgan fingerprint density at radius 2 is 1.90 bits per heavy atom. The number of nitrogens with one attached hydrogen (secondary N) is 1. The third-order valence-electron chi connectivity index (χ3n) is 3.39. The fraction of sp³-hybridized carbons (Fsp3) is 0.0625. The van der Waals surface area contributed by atoms with Crippen molar-refractivity contribution in [3.05, 3.63) is 54.5 Å². The third-order valence-corrected chi connectivity index (χ3v) is 3.39. The Balaban J connectivity index is 1.90. The molecule has 4 rings (SSSR count). The van der Waals surface area contributed by atoms with Crippen LogP contribution in [0, 0.1) is 6.92 Å². The van der Waals surface area contributed by atoms with Gasteiger partial charge in [-0.3, -0.25) is 9.97 Å². The van der Waals surface area contributed by atoms with Crippen molar-refractivity contribution in [2.45, 2.75) is 6.92 Å². The standard InChI is InChI=1S/C16H12N4/c1-10-2-3-11-8-12(4-5-13(11)18-10)16-19-14-6-7-17-9-15(14)20-16/h2-9H,1H3,(H,19,20). The van der Waals surface area contributed by atoms with Crippen molar-refractivity contribution in [3.63, 3.8) is 0 Å². The molecule has 0 bridgehead atoms. The highest BCUT2D eigenvalue weighted by molar-refractivity contribution is 5.85. The summed E-state index contributed by atoms with van der Waals surface area (Å²) in [5.41, 5.74) is 4.97. The predicted octanol–water partition coefficient (Wildman–Crippen LogP) is 3.48. The van der Waals surface area contributed by atoms with Gasteiger partial charge in [0.1, 0.15) is 5.82 Å². The molecule has 0 amide bonds. The van der Waals surface area contributed by atoms with E-state index in [2.05, 4.69) is 32.1 Å². The van der Waals surface area contributed by atoms with Gasteiger partial charge >= 0.3 is 0 Å². The molecule has 4 nitrogen and oxygen atoms in total. The van der Waals surface area contributed by atoms with Gasteiger partial charge in [-0.15, -0.1) is 0 Å². The van der Waals surface area contributed by atoms with Crippen LogP contribution in [0.2, 0.25) is 0 Å². The zero-order valence-electron chi connectivity index (χ0n) is 11.0. The molecule has 3 aromatic heterocycles. The summed E-state index contributed by atoms with van der Waals surface area (Å²) < 4.78 is 0. The number of pyridine rings is 2. The van der Waals surface area contributed by atoms with Crippen LogP contribution in [0.4, 0.5) is 0 Å². The molecular weight excluding hydrogens is 248 g/mol. The number of aryl methyl sites for hydroxylation is 1. The van der Waals surface area contributed by atoms with Crippen LogP contribution in [0.3, 0.4) is 0 Å². The van der Waals surface area contributed by atoms with Gasteiger partial charge in [0.2, 0.25) is 0 Å². The minimum absolute atomic E-state index is 0.857. The SMILES string of the molecule is Cc1ccc2cc(-c3nc4ccncc4[nH]3)ccc2n1. The highest BCUT2D eigenvalue weighted by Gasteiger charge is 2.06. The summed E-state index contributed by atoms with van der Waals surface area (Å²) in [7, 11) is 0. The van der Waals surface area contributed by atoms with E-state index in [0.717, 1.165) is 39.0 Å². The molecule has 0 aliphatic carbocycles. The maximum Gasteiger partial charge on any atom is 0.138 e. The molecule has 0 unspecified atom stereocenters. The van der Waals surface area contributed by atoms with Crippen molar-refractivity contribution in [2.24, 2.45) is 0 Å². The Morgan fingerprint density at radius 1 is 0.950 bits per heavy atom. The summed E-state index contributed by atoms with van der Waals surface area (Å²) in [6.07, 6.45) is 3.54. The number of hydrogen-bond acceptors (Lipinski definition) is 3. The average Bonchev–Trinajstić information content (AvgIpc) is 2.90. The lowest BCUT2D eigenvalue weighted by Crippen LogP contribution is -1.85. The van der Waals surface area contributed by atoms with Crippen LogP contribution >= 0.6 is 0 Å². The van der Waals surface area contributed by atoms with Gasteiger partial charge in [-0.05, 0) is 37.3 Å². The summed E-state index contributed by atoms with van der Waals surface area (Å²) in [5, 5.41) is 1.12. The molecule has 1 aromatic carbocycles.